The SMILES string of the molecule is COCCOc1ccc(C(N)=O)c(-c2c(Cl)ccc(C(CN)c3ccccc3)c2F)c1F. The smallest absolute Gasteiger partial charge is 0.249 e. The summed E-state index contributed by atoms with van der Waals surface area (Å²) < 4.78 is 41.6. The highest BCUT2D eigenvalue weighted by molar-refractivity contribution is 6.33. The molecule has 0 aliphatic heterocycles. The van der Waals surface area contributed by atoms with Crippen LogP contribution in [0.25, 0.3) is 11.1 Å². The predicted molar refractivity (Wildman–Crippen MR) is 120 cm³/mol. The van der Waals surface area contributed by atoms with Crippen LogP contribution in [0, 0.1) is 11.6 Å². The van der Waals surface area contributed by atoms with E-state index in [4.69, 9.17) is 32.5 Å². The second-order valence-corrected chi connectivity index (χ2v) is 7.44. The van der Waals surface area contributed by atoms with Crippen molar-refractivity contribution < 1.29 is 23.0 Å². The van der Waals surface area contributed by atoms with Gasteiger partial charge in [-0.15, -0.1) is 0 Å². The third kappa shape index (κ3) is 4.75. The Bertz CT molecular complexity index is 1110. The molecule has 0 radical (unpaired) electrons. The molecule has 1 atom stereocenters. The molecule has 1 amide bonds. The molecule has 3 rings (SSSR count). The Hall–Kier alpha value is -3.00. The number of carbonyl (C=O) groups excluding carboxylic acids is 1. The number of benzene rings is 3. The van der Waals surface area contributed by atoms with E-state index in [9.17, 15) is 4.79 Å². The Labute approximate surface area is 189 Å². The maximum atomic E-state index is 15.9. The number of hydrogen-bond acceptors (Lipinski definition) is 4. The Balaban J connectivity index is 2.22. The van der Waals surface area contributed by atoms with Gasteiger partial charge in [0.1, 0.15) is 12.4 Å². The molecule has 1 unspecified atom stereocenters. The van der Waals surface area contributed by atoms with Crippen molar-refractivity contribution in [2.24, 2.45) is 11.5 Å². The van der Waals surface area contributed by atoms with Crippen LogP contribution in [-0.2, 0) is 4.74 Å². The summed E-state index contributed by atoms with van der Waals surface area (Å²) >= 11 is 6.31. The first-order valence-electron chi connectivity index (χ1n) is 9.88. The molecule has 0 aliphatic rings. The lowest BCUT2D eigenvalue weighted by Crippen LogP contribution is -2.17. The molecule has 5 nitrogen and oxygen atoms in total. The third-order valence-corrected chi connectivity index (χ3v) is 5.42. The summed E-state index contributed by atoms with van der Waals surface area (Å²) in [6.45, 7) is 0.377. The van der Waals surface area contributed by atoms with Crippen LogP contribution in [-0.4, -0.2) is 32.8 Å². The summed E-state index contributed by atoms with van der Waals surface area (Å²) in [6, 6.07) is 14.6. The summed E-state index contributed by atoms with van der Waals surface area (Å²) in [6.07, 6.45) is 0. The van der Waals surface area contributed by atoms with E-state index in [0.717, 1.165) is 5.56 Å². The summed E-state index contributed by atoms with van der Waals surface area (Å²) in [5.41, 5.74) is 11.6. The van der Waals surface area contributed by atoms with E-state index in [0.29, 0.717) is 0 Å². The van der Waals surface area contributed by atoms with E-state index in [1.165, 1.54) is 31.4 Å². The van der Waals surface area contributed by atoms with Crippen LogP contribution in [0.1, 0.15) is 27.4 Å². The van der Waals surface area contributed by atoms with E-state index in [1.54, 1.807) is 0 Å². The minimum absolute atomic E-state index is 0.0578. The summed E-state index contributed by atoms with van der Waals surface area (Å²) in [7, 11) is 1.47. The van der Waals surface area contributed by atoms with Crippen molar-refractivity contribution >= 4 is 17.5 Å². The molecule has 0 heterocycles. The Kier molecular flexibility index (Phi) is 7.80. The number of hydrogen-bond donors (Lipinski definition) is 2. The Morgan fingerprint density at radius 2 is 1.72 bits per heavy atom. The van der Waals surface area contributed by atoms with Crippen LogP contribution in [0.4, 0.5) is 8.78 Å². The maximum absolute atomic E-state index is 15.9. The van der Waals surface area contributed by atoms with Gasteiger partial charge < -0.3 is 20.9 Å². The fourth-order valence-electron chi connectivity index (χ4n) is 3.55. The molecular weight excluding hydrogens is 438 g/mol. The molecule has 4 N–H and O–H groups in total. The molecular formula is C24H23ClF2N2O3. The van der Waals surface area contributed by atoms with Crippen molar-refractivity contribution in [3.63, 3.8) is 0 Å². The average Bonchev–Trinajstić information content (AvgIpc) is 2.78. The van der Waals surface area contributed by atoms with Gasteiger partial charge in [0, 0.05) is 30.7 Å². The number of primary amides is 1. The molecule has 3 aromatic carbocycles. The minimum Gasteiger partial charge on any atom is -0.488 e. The van der Waals surface area contributed by atoms with Crippen molar-refractivity contribution in [2.45, 2.75) is 5.92 Å². The lowest BCUT2D eigenvalue weighted by atomic mass is 9.87. The number of ether oxygens (including phenoxy) is 2. The van der Waals surface area contributed by atoms with Crippen molar-refractivity contribution in [2.75, 3.05) is 26.9 Å². The van der Waals surface area contributed by atoms with Crippen LogP contribution >= 0.6 is 11.6 Å². The zero-order valence-electron chi connectivity index (χ0n) is 17.4. The van der Waals surface area contributed by atoms with E-state index < -0.39 is 23.5 Å². The highest BCUT2D eigenvalue weighted by atomic mass is 35.5. The van der Waals surface area contributed by atoms with Gasteiger partial charge in [-0.2, -0.15) is 0 Å². The zero-order chi connectivity index (χ0) is 23.3. The molecule has 3 aromatic rings. The molecule has 8 heteroatoms. The summed E-state index contributed by atoms with van der Waals surface area (Å²) in [4.78, 5) is 12.0. The number of methoxy groups -OCH3 is 1. The molecule has 0 saturated carbocycles. The van der Waals surface area contributed by atoms with Crippen molar-refractivity contribution in [1.82, 2.24) is 0 Å². The summed E-state index contributed by atoms with van der Waals surface area (Å²) in [5.74, 6) is -3.34. The van der Waals surface area contributed by atoms with E-state index in [-0.39, 0.29) is 52.8 Å². The molecule has 32 heavy (non-hydrogen) atoms. The topological polar surface area (TPSA) is 87.6 Å². The normalized spacial score (nSPS) is 11.9. The number of carbonyl (C=O) groups is 1. The molecule has 0 aromatic heterocycles. The van der Waals surface area contributed by atoms with E-state index >= 15 is 8.78 Å². The van der Waals surface area contributed by atoms with E-state index in [2.05, 4.69) is 0 Å². The van der Waals surface area contributed by atoms with Crippen LogP contribution < -0.4 is 16.2 Å². The predicted octanol–water partition coefficient (Wildman–Crippen LogP) is 4.50. The van der Waals surface area contributed by atoms with Crippen molar-refractivity contribution in [1.29, 1.82) is 0 Å². The van der Waals surface area contributed by atoms with Crippen molar-refractivity contribution in [3.05, 3.63) is 87.9 Å². The van der Waals surface area contributed by atoms with Gasteiger partial charge >= 0.3 is 0 Å². The number of halogens is 3. The second-order valence-electron chi connectivity index (χ2n) is 7.03. The lowest BCUT2D eigenvalue weighted by Gasteiger charge is -2.20. The van der Waals surface area contributed by atoms with Crippen LogP contribution in [0.15, 0.2) is 54.6 Å². The first-order chi connectivity index (χ1) is 15.4. The van der Waals surface area contributed by atoms with Crippen LogP contribution in [0.5, 0.6) is 5.75 Å². The first kappa shape index (κ1) is 23.7. The van der Waals surface area contributed by atoms with Gasteiger partial charge in [0.05, 0.1) is 17.2 Å². The molecule has 0 spiro atoms. The number of amides is 1. The third-order valence-electron chi connectivity index (χ3n) is 5.10. The highest BCUT2D eigenvalue weighted by Gasteiger charge is 2.27. The first-order valence-corrected chi connectivity index (χ1v) is 10.3. The van der Waals surface area contributed by atoms with Crippen molar-refractivity contribution in [3.8, 4) is 16.9 Å². The highest BCUT2D eigenvalue weighted by Crippen LogP contribution is 2.41. The molecule has 0 saturated heterocycles. The average molecular weight is 461 g/mol. The molecule has 168 valence electrons. The summed E-state index contributed by atoms with van der Waals surface area (Å²) in [5, 5.41) is -0.0782. The molecule has 0 bridgehead atoms. The van der Waals surface area contributed by atoms with Gasteiger partial charge in [0.2, 0.25) is 5.91 Å². The maximum Gasteiger partial charge on any atom is 0.249 e. The zero-order valence-corrected chi connectivity index (χ0v) is 18.2. The quantitative estimate of drug-likeness (QED) is 0.460. The Morgan fingerprint density at radius 3 is 2.34 bits per heavy atom. The standard InChI is InChI=1S/C24H23ClF2N2O3/c1-31-11-12-32-19-10-8-16(24(29)30)20(23(19)27)21-18(25)9-7-15(22(21)26)17(13-28)14-5-3-2-4-6-14/h2-10,17H,11-13,28H2,1H3,(H2,29,30). The van der Waals surface area contributed by atoms with Crippen LogP contribution in [0.3, 0.4) is 0 Å². The fraction of sp³-hybridized carbons (Fsp3) is 0.208. The largest absolute Gasteiger partial charge is 0.488 e. The van der Waals surface area contributed by atoms with Gasteiger partial charge in [-0.25, -0.2) is 8.78 Å². The van der Waals surface area contributed by atoms with E-state index in [1.807, 2.05) is 30.3 Å². The molecule has 0 aliphatic carbocycles. The number of rotatable bonds is 9. The van der Waals surface area contributed by atoms with Crippen LogP contribution in [0.2, 0.25) is 5.02 Å². The lowest BCUT2D eigenvalue weighted by molar-refractivity contribution is 0.1000. The number of nitrogens with two attached hydrogens (primary N) is 2. The van der Waals surface area contributed by atoms with Gasteiger partial charge in [-0.05, 0) is 29.3 Å². The Morgan fingerprint density at radius 1 is 1.00 bits per heavy atom. The van der Waals surface area contributed by atoms with Gasteiger partial charge in [-0.1, -0.05) is 48.0 Å². The monoisotopic (exact) mass is 460 g/mol. The van der Waals surface area contributed by atoms with Gasteiger partial charge in [0.25, 0.3) is 0 Å². The minimum atomic E-state index is -0.945. The second kappa shape index (κ2) is 10.5. The molecule has 0 fully saturated rings. The fourth-order valence-corrected chi connectivity index (χ4v) is 3.79. The van der Waals surface area contributed by atoms with Gasteiger partial charge in [0.15, 0.2) is 11.6 Å². The van der Waals surface area contributed by atoms with Gasteiger partial charge in [-0.3, -0.25) is 4.79 Å².